The molecule has 1 fully saturated rings. The molecule has 1 amide bonds. The normalized spacial score (nSPS) is 22.7. The van der Waals surface area contributed by atoms with Crippen molar-refractivity contribution in [3.05, 3.63) is 44.0 Å². The first-order valence-corrected chi connectivity index (χ1v) is 10.1. The highest BCUT2D eigenvalue weighted by molar-refractivity contribution is 7.07. The Morgan fingerprint density at radius 1 is 1.35 bits per heavy atom. The Morgan fingerprint density at radius 2 is 2.15 bits per heavy atom. The molecule has 0 bridgehead atoms. The second-order valence-corrected chi connectivity index (χ2v) is 9.19. The van der Waals surface area contributed by atoms with Crippen molar-refractivity contribution in [2.75, 3.05) is 13.1 Å². The van der Waals surface area contributed by atoms with Crippen LogP contribution in [0.25, 0.3) is 0 Å². The molecule has 1 unspecified atom stereocenters. The van der Waals surface area contributed by atoms with Crippen LogP contribution < -0.4 is 5.56 Å². The van der Waals surface area contributed by atoms with E-state index in [9.17, 15) is 9.59 Å². The molecule has 0 aromatic carbocycles. The summed E-state index contributed by atoms with van der Waals surface area (Å²) >= 11 is 1.43. The minimum absolute atomic E-state index is 0.0141. The van der Waals surface area contributed by atoms with Crippen molar-refractivity contribution in [2.45, 2.75) is 57.3 Å². The Balaban J connectivity index is 1.72. The van der Waals surface area contributed by atoms with Crippen LogP contribution in [0.2, 0.25) is 0 Å². The topological polar surface area (TPSA) is 79.0 Å². The van der Waals surface area contributed by atoms with Gasteiger partial charge < -0.3 is 9.88 Å². The molecule has 2 aromatic rings. The summed E-state index contributed by atoms with van der Waals surface area (Å²) in [5, 5.41) is 1.80. The van der Waals surface area contributed by atoms with E-state index >= 15 is 0 Å². The third kappa shape index (κ3) is 2.78. The highest BCUT2D eigenvalue weighted by Crippen LogP contribution is 2.43. The van der Waals surface area contributed by atoms with Gasteiger partial charge in [0.25, 0.3) is 11.5 Å². The van der Waals surface area contributed by atoms with E-state index in [1.807, 2.05) is 4.90 Å². The van der Waals surface area contributed by atoms with Crippen LogP contribution >= 0.6 is 11.3 Å². The summed E-state index contributed by atoms with van der Waals surface area (Å²) in [6.07, 6.45) is 3.52. The summed E-state index contributed by atoms with van der Waals surface area (Å²) in [5.41, 5.74) is 3.49. The second kappa shape index (κ2) is 6.01. The van der Waals surface area contributed by atoms with E-state index < -0.39 is 0 Å². The number of rotatable bonds is 1. The molecule has 1 saturated heterocycles. The highest BCUT2D eigenvalue weighted by atomic mass is 32.1. The van der Waals surface area contributed by atoms with Crippen molar-refractivity contribution in [3.63, 3.8) is 0 Å². The number of hydrogen-bond acceptors (Lipinski definition) is 5. The van der Waals surface area contributed by atoms with Gasteiger partial charge in [-0.05, 0) is 25.7 Å². The van der Waals surface area contributed by atoms with E-state index in [4.69, 9.17) is 4.98 Å². The minimum Gasteiger partial charge on any atom is -0.336 e. The lowest BCUT2D eigenvalue weighted by atomic mass is 9.77. The molecule has 1 spiro atoms. The van der Waals surface area contributed by atoms with Gasteiger partial charge in [0, 0.05) is 34.9 Å². The number of thiazole rings is 1. The summed E-state index contributed by atoms with van der Waals surface area (Å²) in [6.45, 7) is 7.52. The van der Waals surface area contributed by atoms with Gasteiger partial charge in [-0.15, -0.1) is 11.3 Å². The molecule has 138 valence electrons. The number of nitrogens with one attached hydrogen (secondary N) is 1. The number of likely N-dealkylation sites (tertiary alicyclic amines) is 1. The van der Waals surface area contributed by atoms with Gasteiger partial charge in [0.2, 0.25) is 0 Å². The standard InChI is InChI=1S/C19H24N4O2S/c1-18(2,3)17-21-14-12(15(24)22-17)5-7-19(14)6-4-8-23(10-19)16(25)13-9-26-11-20-13/h9,11H,4-8,10H2,1-3H3,(H,21,22,24). The summed E-state index contributed by atoms with van der Waals surface area (Å²) < 4.78 is 0. The van der Waals surface area contributed by atoms with Gasteiger partial charge in [-0.2, -0.15) is 0 Å². The molecule has 3 heterocycles. The molecule has 1 aliphatic heterocycles. The third-order valence-corrected chi connectivity index (χ3v) is 6.18. The van der Waals surface area contributed by atoms with Crippen molar-refractivity contribution in [1.82, 2.24) is 19.9 Å². The molecule has 7 heteroatoms. The van der Waals surface area contributed by atoms with Crippen LogP contribution in [-0.4, -0.2) is 38.8 Å². The first-order valence-electron chi connectivity index (χ1n) is 9.12. The van der Waals surface area contributed by atoms with Gasteiger partial charge in [0.1, 0.15) is 11.5 Å². The van der Waals surface area contributed by atoms with Crippen molar-refractivity contribution >= 4 is 17.2 Å². The van der Waals surface area contributed by atoms with Gasteiger partial charge >= 0.3 is 0 Å². The summed E-state index contributed by atoms with van der Waals surface area (Å²) in [6, 6.07) is 0. The number of carbonyl (C=O) groups excluding carboxylic acids is 1. The lowest BCUT2D eigenvalue weighted by Gasteiger charge is -2.40. The molecular formula is C19H24N4O2S. The number of aromatic amines is 1. The lowest BCUT2D eigenvalue weighted by molar-refractivity contribution is 0.0628. The molecule has 4 rings (SSSR count). The summed E-state index contributed by atoms with van der Waals surface area (Å²) in [5.74, 6) is 0.713. The number of amides is 1. The van der Waals surface area contributed by atoms with Crippen molar-refractivity contribution < 1.29 is 4.79 Å². The Morgan fingerprint density at radius 3 is 2.85 bits per heavy atom. The molecule has 26 heavy (non-hydrogen) atoms. The average molecular weight is 372 g/mol. The Bertz CT molecular complexity index is 897. The quantitative estimate of drug-likeness (QED) is 0.835. The van der Waals surface area contributed by atoms with Crippen molar-refractivity contribution in [2.24, 2.45) is 0 Å². The number of aromatic nitrogens is 3. The van der Waals surface area contributed by atoms with E-state index in [1.54, 1.807) is 10.9 Å². The highest BCUT2D eigenvalue weighted by Gasteiger charge is 2.46. The molecular weight excluding hydrogens is 348 g/mol. The Hall–Kier alpha value is -2.02. The zero-order valence-electron chi connectivity index (χ0n) is 15.5. The van der Waals surface area contributed by atoms with Crippen LogP contribution in [0.1, 0.15) is 67.6 Å². The molecule has 1 aliphatic carbocycles. The molecule has 2 aliphatic rings. The zero-order valence-corrected chi connectivity index (χ0v) is 16.3. The van der Waals surface area contributed by atoms with E-state index in [2.05, 4.69) is 30.7 Å². The molecule has 1 atom stereocenters. The van der Waals surface area contributed by atoms with Crippen LogP contribution in [0.3, 0.4) is 0 Å². The van der Waals surface area contributed by atoms with E-state index in [0.717, 1.165) is 49.3 Å². The Kier molecular flexibility index (Phi) is 4.02. The average Bonchev–Trinajstić information content (AvgIpc) is 3.23. The monoisotopic (exact) mass is 372 g/mol. The van der Waals surface area contributed by atoms with Gasteiger partial charge in [-0.3, -0.25) is 9.59 Å². The maximum absolute atomic E-state index is 12.8. The fourth-order valence-corrected chi connectivity index (χ4v) is 4.71. The SMILES string of the molecule is CC(C)(C)c1nc2c(c(=O)[nH]1)CCC21CCCN(C(=O)c2cscn2)C1. The largest absolute Gasteiger partial charge is 0.336 e. The zero-order chi connectivity index (χ0) is 18.5. The first-order chi connectivity index (χ1) is 12.3. The number of piperidine rings is 1. The van der Waals surface area contributed by atoms with Crippen molar-refractivity contribution in [1.29, 1.82) is 0 Å². The van der Waals surface area contributed by atoms with Crippen LogP contribution in [0.5, 0.6) is 0 Å². The number of hydrogen-bond donors (Lipinski definition) is 1. The third-order valence-electron chi connectivity index (χ3n) is 5.60. The predicted molar refractivity (Wildman–Crippen MR) is 101 cm³/mol. The lowest BCUT2D eigenvalue weighted by Crippen LogP contribution is -2.48. The van der Waals surface area contributed by atoms with Gasteiger partial charge in [0.15, 0.2) is 0 Å². The maximum atomic E-state index is 12.8. The fraction of sp³-hybridized carbons (Fsp3) is 0.579. The number of carbonyl (C=O) groups is 1. The summed E-state index contributed by atoms with van der Waals surface area (Å²) in [4.78, 5) is 39.4. The van der Waals surface area contributed by atoms with Crippen LogP contribution in [0, 0.1) is 0 Å². The van der Waals surface area contributed by atoms with Crippen molar-refractivity contribution in [3.8, 4) is 0 Å². The summed E-state index contributed by atoms with van der Waals surface area (Å²) in [7, 11) is 0. The number of fused-ring (bicyclic) bond motifs is 2. The van der Waals surface area contributed by atoms with Crippen LogP contribution in [0.15, 0.2) is 15.7 Å². The van der Waals surface area contributed by atoms with Crippen LogP contribution in [0.4, 0.5) is 0 Å². The Labute approximate surface area is 156 Å². The van der Waals surface area contributed by atoms with Gasteiger partial charge in [-0.25, -0.2) is 9.97 Å². The smallest absolute Gasteiger partial charge is 0.273 e. The fourth-order valence-electron chi connectivity index (χ4n) is 4.19. The molecule has 6 nitrogen and oxygen atoms in total. The van der Waals surface area contributed by atoms with Gasteiger partial charge in [-0.1, -0.05) is 20.8 Å². The molecule has 1 N–H and O–H groups in total. The second-order valence-electron chi connectivity index (χ2n) is 8.48. The minimum atomic E-state index is -0.220. The van der Waals surface area contributed by atoms with E-state index in [0.29, 0.717) is 12.2 Å². The van der Waals surface area contributed by atoms with Crippen LogP contribution in [-0.2, 0) is 17.3 Å². The first kappa shape index (κ1) is 17.4. The molecule has 0 saturated carbocycles. The van der Waals surface area contributed by atoms with Gasteiger partial charge in [0.05, 0.1) is 11.2 Å². The number of H-pyrrole nitrogens is 1. The maximum Gasteiger partial charge on any atom is 0.273 e. The molecule has 0 radical (unpaired) electrons. The van der Waals surface area contributed by atoms with E-state index in [1.165, 1.54) is 11.3 Å². The predicted octanol–water partition coefficient (Wildman–Crippen LogP) is 2.64. The molecule has 2 aromatic heterocycles. The van der Waals surface area contributed by atoms with E-state index in [-0.39, 0.29) is 22.3 Å². The number of nitrogens with zero attached hydrogens (tertiary/aromatic N) is 3.